The summed E-state index contributed by atoms with van der Waals surface area (Å²) in [5.74, 6) is 0.616. The van der Waals surface area contributed by atoms with Crippen molar-refractivity contribution in [1.82, 2.24) is 0 Å². The lowest BCUT2D eigenvalue weighted by Gasteiger charge is -2.27. The van der Waals surface area contributed by atoms with E-state index in [9.17, 15) is 25.2 Å². The maximum Gasteiger partial charge on any atom is 0.255 e. The molecular weight excluding hydrogens is 786 g/mol. The van der Waals surface area contributed by atoms with Crippen molar-refractivity contribution in [2.24, 2.45) is 0 Å². The highest BCUT2D eigenvalue weighted by Gasteiger charge is 2.47. The zero-order valence-electron chi connectivity index (χ0n) is 35.4. The van der Waals surface area contributed by atoms with Gasteiger partial charge in [-0.2, -0.15) is 0 Å². The van der Waals surface area contributed by atoms with Gasteiger partial charge in [0, 0.05) is 22.4 Å². The highest BCUT2D eigenvalue weighted by Crippen LogP contribution is 2.54. The van der Waals surface area contributed by atoms with Gasteiger partial charge in [-0.25, -0.2) is 0 Å². The Balaban J connectivity index is 0.000000162. The molecule has 8 rings (SSSR count). The molecule has 1 amide bonds. The number of para-hydroxylation sites is 4. The predicted molar refractivity (Wildman–Crippen MR) is 257 cm³/mol. The number of rotatable bonds is 9. The Bertz CT molecular complexity index is 2500. The van der Waals surface area contributed by atoms with Gasteiger partial charge in [-0.3, -0.25) is 4.79 Å². The summed E-state index contributed by atoms with van der Waals surface area (Å²) < 4.78 is 0. The molecule has 7 heteroatoms. The van der Waals surface area contributed by atoms with Crippen molar-refractivity contribution in [1.29, 1.82) is 0 Å². The summed E-state index contributed by atoms with van der Waals surface area (Å²) in [5.41, 5.74) is 4.47. The highest BCUT2D eigenvalue weighted by atomic mass is 31.2. The van der Waals surface area contributed by atoms with Crippen molar-refractivity contribution >= 4 is 40.1 Å². The van der Waals surface area contributed by atoms with Crippen molar-refractivity contribution in [3.8, 4) is 34.1 Å². The highest BCUT2D eigenvalue weighted by molar-refractivity contribution is 8.01. The summed E-state index contributed by atoms with van der Waals surface area (Å²) in [6, 6.07) is 66.1. The van der Waals surface area contributed by atoms with Gasteiger partial charge in [0.1, 0.15) is 45.7 Å². The molecule has 6 nitrogen and oxygen atoms in total. The molecule has 0 fully saturated rings. The molecule has 0 aromatic heterocycles. The molecule has 0 saturated carbocycles. The summed E-state index contributed by atoms with van der Waals surface area (Å²) in [7, 11) is -2.04. The molecular formula is C55H52NO5P. The lowest BCUT2D eigenvalue weighted by Crippen LogP contribution is -2.38. The van der Waals surface area contributed by atoms with Crippen molar-refractivity contribution in [2.45, 2.75) is 39.5 Å². The zero-order chi connectivity index (χ0) is 44.1. The second kappa shape index (κ2) is 20.9. The van der Waals surface area contributed by atoms with Crippen LogP contribution in [0.5, 0.6) is 23.0 Å². The summed E-state index contributed by atoms with van der Waals surface area (Å²) in [4.78, 5) is 12.5. The number of anilines is 1. The van der Waals surface area contributed by atoms with Crippen LogP contribution in [0.25, 0.3) is 11.1 Å². The van der Waals surface area contributed by atoms with Crippen molar-refractivity contribution in [3.63, 3.8) is 0 Å². The normalized spacial score (nSPS) is 10.9. The van der Waals surface area contributed by atoms with Crippen molar-refractivity contribution < 1.29 is 25.2 Å². The minimum Gasteiger partial charge on any atom is -0.872 e. The molecule has 0 aliphatic heterocycles. The van der Waals surface area contributed by atoms with Crippen molar-refractivity contribution in [3.05, 3.63) is 223 Å². The number of benzene rings is 8. The van der Waals surface area contributed by atoms with Crippen LogP contribution < -0.4 is 31.6 Å². The summed E-state index contributed by atoms with van der Waals surface area (Å²) in [5, 5.41) is 48.9. The maximum atomic E-state index is 12.5. The molecule has 4 N–H and O–H groups in total. The van der Waals surface area contributed by atoms with Gasteiger partial charge in [0.15, 0.2) is 0 Å². The summed E-state index contributed by atoms with van der Waals surface area (Å²) >= 11 is 0. The average Bonchev–Trinajstić information content (AvgIpc) is 3.29. The first-order valence-corrected chi connectivity index (χ1v) is 22.4. The number of amides is 1. The van der Waals surface area contributed by atoms with Crippen molar-refractivity contribution in [2.75, 3.05) is 5.32 Å². The molecule has 0 heterocycles. The van der Waals surface area contributed by atoms with Gasteiger partial charge < -0.3 is 25.7 Å². The summed E-state index contributed by atoms with van der Waals surface area (Å²) in [6.07, 6.45) is 0. The number of phenolic OH excluding ortho intramolecular Hbond substituents is 3. The molecule has 0 aliphatic carbocycles. The molecule has 0 atom stereocenters. The first-order chi connectivity index (χ1) is 30.0. The van der Waals surface area contributed by atoms with E-state index in [1.165, 1.54) is 27.3 Å². The largest absolute Gasteiger partial charge is 0.872 e. The molecule has 0 aliphatic rings. The SMILES string of the molecule is CC(C)c1cccc(C(C)C)c1NC(=O)c1ccccc1[O-].Oc1ccc([P+](c2ccccc2)(c2ccccc2)c2ccccc2)cc1.Oc1ccccc1-c1ccccc1O. The van der Waals surface area contributed by atoms with E-state index in [4.69, 9.17) is 0 Å². The number of carbonyl (C=O) groups is 1. The van der Waals surface area contributed by atoms with Crippen LogP contribution in [0.1, 0.15) is 61.0 Å². The van der Waals surface area contributed by atoms with E-state index in [0.29, 0.717) is 16.9 Å². The molecule has 0 unspecified atom stereocenters. The van der Waals surface area contributed by atoms with Gasteiger partial charge in [-0.1, -0.05) is 167 Å². The fourth-order valence-electron chi connectivity index (χ4n) is 7.46. The van der Waals surface area contributed by atoms with Crippen LogP contribution in [-0.4, -0.2) is 21.2 Å². The van der Waals surface area contributed by atoms with Gasteiger partial charge in [0.2, 0.25) is 0 Å². The van der Waals surface area contributed by atoms with Crippen LogP contribution in [-0.2, 0) is 0 Å². The third-order valence-corrected chi connectivity index (χ3v) is 14.8. The fourth-order valence-corrected chi connectivity index (χ4v) is 11.7. The maximum absolute atomic E-state index is 12.5. The number of carbonyl (C=O) groups excluding carboxylic acids is 1. The van der Waals surface area contributed by atoms with Crippen LogP contribution >= 0.6 is 7.26 Å². The molecule has 0 spiro atoms. The standard InChI is InChI=1S/C24H19OP.C19H23NO2.C12H10O2/c25-20-16-18-24(19-17-20)26(21-10-4-1-5-11-21,22-12-6-2-7-13-22)23-14-8-3-9-15-23;1-12(2)14-9-7-10-15(13(3)4)18(14)20-19(22)16-8-5-6-11-17(16)21;13-11-7-3-1-5-9(11)10-6-2-4-8-12(10)14/h1-19H;5-13,21H,1-4H3,(H,20,22);1-8,13-14H. The van der Waals surface area contributed by atoms with Gasteiger partial charge in [0.05, 0.1) is 0 Å². The summed E-state index contributed by atoms with van der Waals surface area (Å²) in [6.45, 7) is 8.38. The Morgan fingerprint density at radius 2 is 0.823 bits per heavy atom. The minimum absolute atomic E-state index is 0.175. The zero-order valence-corrected chi connectivity index (χ0v) is 36.3. The number of nitrogens with one attached hydrogen (secondary N) is 1. The second-order valence-corrected chi connectivity index (χ2v) is 18.7. The van der Waals surface area contributed by atoms with Crippen LogP contribution in [0.15, 0.2) is 206 Å². The lowest BCUT2D eigenvalue weighted by atomic mass is 9.92. The molecule has 8 aromatic rings. The third-order valence-electron chi connectivity index (χ3n) is 10.5. The Morgan fingerprint density at radius 1 is 0.452 bits per heavy atom. The fraction of sp³-hybridized carbons (Fsp3) is 0.109. The predicted octanol–water partition coefficient (Wildman–Crippen LogP) is 11.0. The van der Waals surface area contributed by atoms with E-state index >= 15 is 0 Å². The smallest absolute Gasteiger partial charge is 0.255 e. The molecule has 8 aromatic carbocycles. The minimum atomic E-state index is -2.04. The van der Waals surface area contributed by atoms with E-state index in [1.54, 1.807) is 66.7 Å². The van der Waals surface area contributed by atoms with Gasteiger partial charge in [-0.05, 0) is 95.8 Å². The Morgan fingerprint density at radius 3 is 1.23 bits per heavy atom. The average molecular weight is 838 g/mol. The van der Waals surface area contributed by atoms with E-state index in [2.05, 4.69) is 136 Å². The molecule has 0 bridgehead atoms. The number of phenols is 3. The Labute approximate surface area is 365 Å². The van der Waals surface area contributed by atoms with Gasteiger partial charge in [-0.15, -0.1) is 0 Å². The van der Waals surface area contributed by atoms with Crippen LogP contribution in [0, 0.1) is 0 Å². The number of hydrogen-bond acceptors (Lipinski definition) is 5. The monoisotopic (exact) mass is 837 g/mol. The Hall–Kier alpha value is -7.14. The van der Waals surface area contributed by atoms with E-state index in [0.717, 1.165) is 16.8 Å². The van der Waals surface area contributed by atoms with Crippen LogP contribution in [0.4, 0.5) is 5.69 Å². The molecule has 62 heavy (non-hydrogen) atoms. The molecule has 0 saturated heterocycles. The first-order valence-electron chi connectivity index (χ1n) is 20.6. The Kier molecular flexibility index (Phi) is 15.0. The van der Waals surface area contributed by atoms with Gasteiger partial charge >= 0.3 is 0 Å². The van der Waals surface area contributed by atoms with Crippen LogP contribution in [0.2, 0.25) is 0 Å². The first kappa shape index (κ1) is 44.4. The number of aromatic hydroxyl groups is 3. The lowest BCUT2D eigenvalue weighted by molar-refractivity contribution is -0.268. The van der Waals surface area contributed by atoms with Gasteiger partial charge in [0.25, 0.3) is 5.91 Å². The van der Waals surface area contributed by atoms with E-state index < -0.39 is 7.26 Å². The second-order valence-electron chi connectivity index (χ2n) is 15.3. The topological polar surface area (TPSA) is 113 Å². The molecule has 312 valence electrons. The van der Waals surface area contributed by atoms with E-state index in [1.807, 2.05) is 30.3 Å². The number of hydrogen-bond donors (Lipinski definition) is 4. The quantitative estimate of drug-likeness (QED) is 0.108. The molecule has 0 radical (unpaired) electrons. The van der Waals surface area contributed by atoms with Crippen LogP contribution in [0.3, 0.4) is 0 Å². The third kappa shape index (κ3) is 10.2. The van der Waals surface area contributed by atoms with E-state index in [-0.39, 0.29) is 40.6 Å².